The zero-order valence-corrected chi connectivity index (χ0v) is 7.30. The van der Waals surface area contributed by atoms with Crippen LogP contribution in [-0.4, -0.2) is 10.9 Å². The van der Waals surface area contributed by atoms with Gasteiger partial charge >= 0.3 is 0 Å². The first-order valence-electron chi connectivity index (χ1n) is 4.20. The second kappa shape index (κ2) is 2.70. The van der Waals surface area contributed by atoms with Gasteiger partial charge in [-0.3, -0.25) is 4.98 Å². The monoisotopic (exact) mass is 202 g/mol. The van der Waals surface area contributed by atoms with Crippen LogP contribution in [0.5, 0.6) is 0 Å². The highest BCUT2D eigenvalue weighted by Gasteiger charge is 2.56. The predicted octanol–water partition coefficient (Wildman–Crippen LogP) is 1.80. The molecule has 5 heteroatoms. The molecule has 1 heterocycles. The van der Waals surface area contributed by atoms with E-state index in [0.29, 0.717) is 0 Å². The molecule has 1 aromatic rings. The predicted molar refractivity (Wildman–Crippen MR) is 44.2 cm³/mol. The third kappa shape index (κ3) is 1.48. The lowest BCUT2D eigenvalue weighted by Gasteiger charge is -2.43. The van der Waals surface area contributed by atoms with Gasteiger partial charge in [0.15, 0.2) is 0 Å². The summed E-state index contributed by atoms with van der Waals surface area (Å²) >= 11 is 0. The number of nitrogens with zero attached hydrogens (tertiary/aromatic N) is 1. The third-order valence-corrected chi connectivity index (χ3v) is 2.38. The molecule has 0 atom stereocenters. The normalized spacial score (nSPS) is 22.9. The second-order valence-corrected chi connectivity index (χ2v) is 3.72. The van der Waals surface area contributed by atoms with Crippen LogP contribution in [0, 0.1) is 5.82 Å². The van der Waals surface area contributed by atoms with Crippen molar-refractivity contribution in [2.45, 2.75) is 24.3 Å². The molecular formula is C9H9F3N2. The molecular weight excluding hydrogens is 193 g/mol. The lowest BCUT2D eigenvalue weighted by molar-refractivity contribution is -0.126. The van der Waals surface area contributed by atoms with Gasteiger partial charge in [-0.25, -0.2) is 13.2 Å². The molecule has 2 nitrogen and oxygen atoms in total. The fraction of sp³-hybridized carbons (Fsp3) is 0.444. The second-order valence-electron chi connectivity index (χ2n) is 3.72. The molecule has 2 N–H and O–H groups in total. The molecule has 0 radical (unpaired) electrons. The zero-order chi connectivity index (χ0) is 10.4. The van der Waals surface area contributed by atoms with E-state index in [9.17, 15) is 13.2 Å². The van der Waals surface area contributed by atoms with E-state index in [4.69, 9.17) is 5.73 Å². The molecule has 0 unspecified atom stereocenters. The van der Waals surface area contributed by atoms with E-state index >= 15 is 0 Å². The molecule has 0 saturated heterocycles. The summed E-state index contributed by atoms with van der Waals surface area (Å²) in [6, 6.07) is 2.26. The van der Waals surface area contributed by atoms with Gasteiger partial charge in [-0.05, 0) is 12.1 Å². The van der Waals surface area contributed by atoms with E-state index in [0.717, 1.165) is 12.1 Å². The quantitative estimate of drug-likeness (QED) is 0.754. The molecule has 0 amide bonds. The van der Waals surface area contributed by atoms with Crippen molar-refractivity contribution in [3.05, 3.63) is 29.8 Å². The fourth-order valence-electron chi connectivity index (χ4n) is 1.73. The molecule has 1 aliphatic rings. The smallest absolute Gasteiger partial charge is 0.252 e. The van der Waals surface area contributed by atoms with E-state index in [2.05, 4.69) is 4.98 Å². The minimum atomic E-state index is -2.73. The maximum atomic E-state index is 12.8. The van der Waals surface area contributed by atoms with E-state index in [1.807, 2.05) is 0 Å². The van der Waals surface area contributed by atoms with Crippen molar-refractivity contribution in [1.29, 1.82) is 0 Å². The Bertz CT molecular complexity index is 357. The summed E-state index contributed by atoms with van der Waals surface area (Å²) in [5.74, 6) is -3.24. The summed E-state index contributed by atoms with van der Waals surface area (Å²) in [4.78, 5) is 3.80. The lowest BCUT2D eigenvalue weighted by atomic mass is 9.72. The van der Waals surface area contributed by atoms with Gasteiger partial charge in [-0.15, -0.1) is 0 Å². The Morgan fingerprint density at radius 3 is 2.50 bits per heavy atom. The van der Waals surface area contributed by atoms with Crippen molar-refractivity contribution >= 4 is 0 Å². The van der Waals surface area contributed by atoms with Crippen LogP contribution in [0.1, 0.15) is 18.5 Å². The van der Waals surface area contributed by atoms with Gasteiger partial charge in [0.2, 0.25) is 0 Å². The minimum absolute atomic E-state index is 0.198. The average Bonchev–Trinajstić information content (AvgIpc) is 2.00. The summed E-state index contributed by atoms with van der Waals surface area (Å²) < 4.78 is 38.0. The molecule has 0 spiro atoms. The van der Waals surface area contributed by atoms with Crippen molar-refractivity contribution < 1.29 is 13.2 Å². The van der Waals surface area contributed by atoms with E-state index in [1.165, 1.54) is 6.20 Å². The Balaban J connectivity index is 2.25. The topological polar surface area (TPSA) is 38.9 Å². The van der Waals surface area contributed by atoms with Gasteiger partial charge in [0.1, 0.15) is 5.82 Å². The van der Waals surface area contributed by atoms with Gasteiger partial charge in [-0.2, -0.15) is 0 Å². The highest BCUT2D eigenvalue weighted by atomic mass is 19.3. The van der Waals surface area contributed by atoms with Gasteiger partial charge in [0.05, 0.1) is 11.2 Å². The van der Waals surface area contributed by atoms with Gasteiger partial charge in [-0.1, -0.05) is 0 Å². The van der Waals surface area contributed by atoms with Crippen LogP contribution in [0.15, 0.2) is 18.3 Å². The Morgan fingerprint density at radius 1 is 1.36 bits per heavy atom. The number of halogens is 3. The molecule has 0 bridgehead atoms. The molecule has 0 aromatic carbocycles. The highest BCUT2D eigenvalue weighted by Crippen LogP contribution is 2.49. The highest BCUT2D eigenvalue weighted by molar-refractivity contribution is 5.22. The summed E-state index contributed by atoms with van der Waals surface area (Å²) in [5, 5.41) is 0. The molecule has 1 aliphatic carbocycles. The number of nitrogens with two attached hydrogens (primary N) is 1. The molecule has 2 rings (SSSR count). The SMILES string of the molecule is NC1(c2cc(F)ccn2)CC(F)(F)C1. The van der Waals surface area contributed by atoms with E-state index < -0.39 is 30.1 Å². The molecule has 0 aliphatic heterocycles. The minimum Gasteiger partial charge on any atom is -0.320 e. The lowest BCUT2D eigenvalue weighted by Crippen LogP contribution is -2.55. The fourth-order valence-corrected chi connectivity index (χ4v) is 1.73. The standard InChI is InChI=1S/C9H9F3N2/c10-6-1-2-14-7(3-6)8(13)4-9(11,12)5-8/h1-3H,4-5,13H2. The third-order valence-electron chi connectivity index (χ3n) is 2.38. The Kier molecular flexibility index (Phi) is 1.82. The van der Waals surface area contributed by atoms with Gasteiger partial charge in [0, 0.05) is 19.0 Å². The maximum Gasteiger partial charge on any atom is 0.252 e. The van der Waals surface area contributed by atoms with Crippen LogP contribution < -0.4 is 5.73 Å². The summed E-state index contributed by atoms with van der Waals surface area (Å²) in [5.41, 5.74) is 4.70. The van der Waals surface area contributed by atoms with Crippen LogP contribution in [0.4, 0.5) is 13.2 Å². The van der Waals surface area contributed by atoms with Crippen LogP contribution in [0.25, 0.3) is 0 Å². The first kappa shape index (κ1) is 9.45. The molecule has 1 fully saturated rings. The van der Waals surface area contributed by atoms with E-state index in [1.54, 1.807) is 0 Å². The Morgan fingerprint density at radius 2 is 2.00 bits per heavy atom. The number of hydrogen-bond donors (Lipinski definition) is 1. The zero-order valence-electron chi connectivity index (χ0n) is 7.30. The van der Waals surface area contributed by atoms with Crippen molar-refractivity contribution in [2.75, 3.05) is 0 Å². The summed E-state index contributed by atoms with van der Waals surface area (Å²) in [7, 11) is 0. The van der Waals surface area contributed by atoms with Crippen LogP contribution in [-0.2, 0) is 5.54 Å². The van der Waals surface area contributed by atoms with Gasteiger partial charge in [0.25, 0.3) is 5.92 Å². The summed E-state index contributed by atoms with van der Waals surface area (Å²) in [6.45, 7) is 0. The largest absolute Gasteiger partial charge is 0.320 e. The van der Waals surface area contributed by atoms with Crippen LogP contribution >= 0.6 is 0 Å². The maximum absolute atomic E-state index is 12.8. The molecule has 1 aromatic heterocycles. The Hall–Kier alpha value is -1.10. The van der Waals surface area contributed by atoms with Gasteiger partial charge < -0.3 is 5.73 Å². The van der Waals surface area contributed by atoms with E-state index in [-0.39, 0.29) is 5.69 Å². The Labute approximate surface area is 78.9 Å². The number of rotatable bonds is 1. The molecule has 1 saturated carbocycles. The van der Waals surface area contributed by atoms with Crippen LogP contribution in [0.2, 0.25) is 0 Å². The number of alkyl halides is 2. The number of pyridine rings is 1. The first-order chi connectivity index (χ1) is 6.41. The number of hydrogen-bond acceptors (Lipinski definition) is 2. The molecule has 14 heavy (non-hydrogen) atoms. The summed E-state index contributed by atoms with van der Waals surface area (Å²) in [6.07, 6.45) is 0.308. The molecule has 76 valence electrons. The first-order valence-corrected chi connectivity index (χ1v) is 4.20. The van der Waals surface area contributed by atoms with Crippen molar-refractivity contribution in [1.82, 2.24) is 4.98 Å². The van der Waals surface area contributed by atoms with Crippen molar-refractivity contribution in [3.63, 3.8) is 0 Å². The van der Waals surface area contributed by atoms with Crippen molar-refractivity contribution in [2.24, 2.45) is 5.73 Å². The average molecular weight is 202 g/mol. The van der Waals surface area contributed by atoms with Crippen molar-refractivity contribution in [3.8, 4) is 0 Å². The number of aromatic nitrogens is 1. The van der Waals surface area contributed by atoms with Crippen LogP contribution in [0.3, 0.4) is 0 Å².